The molecule has 0 bridgehead atoms. The van der Waals surface area contributed by atoms with Crippen LogP contribution in [0.2, 0.25) is 0 Å². The fourth-order valence-electron chi connectivity index (χ4n) is 4.27. The molecule has 0 unspecified atom stereocenters. The number of hydrogen-bond acceptors (Lipinski definition) is 4. The molecule has 2 aromatic heterocycles. The van der Waals surface area contributed by atoms with Gasteiger partial charge in [-0.2, -0.15) is 0 Å². The van der Waals surface area contributed by atoms with Crippen molar-refractivity contribution in [1.29, 1.82) is 0 Å². The smallest absolute Gasteiger partial charge is 0.263 e. The summed E-state index contributed by atoms with van der Waals surface area (Å²) in [7, 11) is 0. The Hall–Kier alpha value is -4.27. The standard InChI is InChI=1S/C31H24BrN3O3S/c1-2-20-8-10-21(11-9-20)29(36)34-27-6-3-7-28-25(27)19-26(30(37)33-23-14-12-22(32)13-15-23)31(38)35(28)17-16-24-5-4-18-39-24/h2-15,18-19H,1,16-17H2,(H,33,37)(H,34,36). The molecule has 39 heavy (non-hydrogen) atoms. The number of benzene rings is 3. The van der Waals surface area contributed by atoms with Crippen LogP contribution in [0.15, 0.2) is 106 Å². The molecule has 5 rings (SSSR count). The Morgan fingerprint density at radius 3 is 2.38 bits per heavy atom. The summed E-state index contributed by atoms with van der Waals surface area (Å²) in [6.07, 6.45) is 2.35. The highest BCUT2D eigenvalue weighted by Crippen LogP contribution is 2.25. The monoisotopic (exact) mass is 597 g/mol. The number of amides is 2. The zero-order chi connectivity index (χ0) is 27.4. The third-order valence-corrected chi connectivity index (χ3v) is 7.77. The average molecular weight is 599 g/mol. The van der Waals surface area contributed by atoms with Gasteiger partial charge in [0.1, 0.15) is 5.56 Å². The number of nitrogens with one attached hydrogen (secondary N) is 2. The van der Waals surface area contributed by atoms with Gasteiger partial charge in [0.25, 0.3) is 17.4 Å². The zero-order valence-corrected chi connectivity index (χ0v) is 23.2. The quantitative estimate of drug-likeness (QED) is 0.198. The predicted molar refractivity (Wildman–Crippen MR) is 163 cm³/mol. The summed E-state index contributed by atoms with van der Waals surface area (Å²) >= 11 is 5.00. The highest BCUT2D eigenvalue weighted by Gasteiger charge is 2.19. The van der Waals surface area contributed by atoms with Crippen molar-refractivity contribution in [1.82, 2.24) is 4.57 Å². The van der Waals surface area contributed by atoms with E-state index in [0.29, 0.717) is 40.8 Å². The number of thiophene rings is 1. The molecule has 3 aromatic carbocycles. The molecule has 0 aliphatic rings. The number of aromatic nitrogens is 1. The summed E-state index contributed by atoms with van der Waals surface area (Å²) in [5.41, 5.74) is 2.71. The first-order valence-electron chi connectivity index (χ1n) is 12.2. The van der Waals surface area contributed by atoms with E-state index in [1.54, 1.807) is 64.4 Å². The summed E-state index contributed by atoms with van der Waals surface area (Å²) in [5, 5.41) is 8.37. The van der Waals surface area contributed by atoms with Gasteiger partial charge >= 0.3 is 0 Å². The van der Waals surface area contributed by atoms with Crippen LogP contribution < -0.4 is 16.2 Å². The Balaban J connectivity index is 1.56. The van der Waals surface area contributed by atoms with Gasteiger partial charge in [0.05, 0.1) is 11.2 Å². The van der Waals surface area contributed by atoms with E-state index in [2.05, 4.69) is 33.1 Å². The number of carbonyl (C=O) groups is 2. The number of anilines is 2. The lowest BCUT2D eigenvalue weighted by molar-refractivity contribution is 0.101. The highest BCUT2D eigenvalue weighted by atomic mass is 79.9. The van der Waals surface area contributed by atoms with E-state index in [0.717, 1.165) is 14.9 Å². The number of rotatable bonds is 8. The third kappa shape index (κ3) is 5.92. The van der Waals surface area contributed by atoms with Crippen molar-refractivity contribution in [2.45, 2.75) is 13.0 Å². The molecule has 2 amide bonds. The van der Waals surface area contributed by atoms with E-state index in [1.807, 2.05) is 47.8 Å². The average Bonchev–Trinajstić information content (AvgIpc) is 3.47. The second-order valence-electron chi connectivity index (χ2n) is 8.82. The molecule has 0 radical (unpaired) electrons. The van der Waals surface area contributed by atoms with Gasteiger partial charge in [-0.1, -0.05) is 52.9 Å². The second-order valence-corrected chi connectivity index (χ2v) is 10.8. The lowest BCUT2D eigenvalue weighted by Crippen LogP contribution is -2.30. The van der Waals surface area contributed by atoms with E-state index in [9.17, 15) is 14.4 Å². The first kappa shape index (κ1) is 26.3. The number of pyridine rings is 1. The summed E-state index contributed by atoms with van der Waals surface area (Å²) in [4.78, 5) is 41.2. The van der Waals surface area contributed by atoms with Crippen LogP contribution in [-0.4, -0.2) is 16.4 Å². The SMILES string of the molecule is C=Cc1ccc(C(=O)Nc2cccc3c2cc(C(=O)Nc2ccc(Br)cc2)c(=O)n3CCc2cccs2)cc1. The van der Waals surface area contributed by atoms with Gasteiger partial charge in [-0.15, -0.1) is 11.3 Å². The Bertz CT molecular complexity index is 1720. The van der Waals surface area contributed by atoms with Crippen LogP contribution in [0.25, 0.3) is 17.0 Å². The van der Waals surface area contributed by atoms with Gasteiger partial charge in [0.2, 0.25) is 0 Å². The highest BCUT2D eigenvalue weighted by molar-refractivity contribution is 9.10. The van der Waals surface area contributed by atoms with E-state index in [1.165, 1.54) is 0 Å². The third-order valence-electron chi connectivity index (χ3n) is 6.30. The minimum absolute atomic E-state index is 0.00590. The molecule has 6 nitrogen and oxygen atoms in total. The fraction of sp³-hybridized carbons (Fsp3) is 0.0645. The van der Waals surface area contributed by atoms with E-state index in [-0.39, 0.29) is 11.5 Å². The van der Waals surface area contributed by atoms with Crippen LogP contribution in [0.4, 0.5) is 11.4 Å². The Morgan fingerprint density at radius 1 is 0.923 bits per heavy atom. The van der Waals surface area contributed by atoms with Gasteiger partial charge in [-0.3, -0.25) is 14.4 Å². The molecule has 0 aliphatic carbocycles. The van der Waals surface area contributed by atoms with Crippen LogP contribution in [0.5, 0.6) is 0 Å². The Labute approximate surface area is 237 Å². The molecule has 0 saturated heterocycles. The van der Waals surface area contributed by atoms with Crippen LogP contribution in [0, 0.1) is 0 Å². The molecule has 0 spiro atoms. The van der Waals surface area contributed by atoms with Gasteiger partial charge < -0.3 is 15.2 Å². The summed E-state index contributed by atoms with van der Waals surface area (Å²) in [5.74, 6) is -0.814. The van der Waals surface area contributed by atoms with E-state index < -0.39 is 11.5 Å². The van der Waals surface area contributed by atoms with Crippen molar-refractivity contribution in [3.05, 3.63) is 133 Å². The summed E-state index contributed by atoms with van der Waals surface area (Å²) in [6, 6.07) is 25.2. The lowest BCUT2D eigenvalue weighted by Gasteiger charge is -2.16. The van der Waals surface area contributed by atoms with Crippen molar-refractivity contribution in [3.63, 3.8) is 0 Å². The summed E-state index contributed by atoms with van der Waals surface area (Å²) < 4.78 is 2.49. The molecule has 0 fully saturated rings. The Kier molecular flexibility index (Phi) is 7.86. The predicted octanol–water partition coefficient (Wildman–Crippen LogP) is 7.22. The van der Waals surface area contributed by atoms with Crippen molar-refractivity contribution >= 4 is 67.4 Å². The number of nitrogens with zero attached hydrogens (tertiary/aromatic N) is 1. The minimum atomic E-state index is -0.518. The van der Waals surface area contributed by atoms with E-state index in [4.69, 9.17) is 0 Å². The van der Waals surface area contributed by atoms with Gasteiger partial charge in [0, 0.05) is 32.5 Å². The number of hydrogen-bond donors (Lipinski definition) is 2. The van der Waals surface area contributed by atoms with Crippen LogP contribution >= 0.6 is 27.3 Å². The molecule has 0 aliphatic heterocycles. The second kappa shape index (κ2) is 11.6. The maximum absolute atomic E-state index is 13.6. The maximum Gasteiger partial charge on any atom is 0.263 e. The van der Waals surface area contributed by atoms with Crippen molar-refractivity contribution in [2.24, 2.45) is 0 Å². The van der Waals surface area contributed by atoms with Crippen molar-refractivity contribution in [2.75, 3.05) is 10.6 Å². The molecular weight excluding hydrogens is 574 g/mol. The molecule has 0 saturated carbocycles. The molecule has 8 heteroatoms. The first-order valence-corrected chi connectivity index (χ1v) is 13.9. The van der Waals surface area contributed by atoms with Gasteiger partial charge in [-0.25, -0.2) is 0 Å². The van der Waals surface area contributed by atoms with Crippen LogP contribution in [0.3, 0.4) is 0 Å². The maximum atomic E-state index is 13.6. The number of fused-ring (bicyclic) bond motifs is 1. The first-order chi connectivity index (χ1) is 18.9. The molecule has 5 aromatic rings. The topological polar surface area (TPSA) is 80.2 Å². The molecule has 2 heterocycles. The van der Waals surface area contributed by atoms with Crippen molar-refractivity contribution < 1.29 is 9.59 Å². The molecule has 0 atom stereocenters. The largest absolute Gasteiger partial charge is 0.322 e. The minimum Gasteiger partial charge on any atom is -0.322 e. The molecule has 194 valence electrons. The normalized spacial score (nSPS) is 10.8. The molecule has 2 N–H and O–H groups in total. The van der Waals surface area contributed by atoms with Crippen LogP contribution in [0.1, 0.15) is 31.2 Å². The molecular formula is C31H24BrN3O3S. The number of aryl methyl sites for hydroxylation is 2. The van der Waals surface area contributed by atoms with Gasteiger partial charge in [-0.05, 0) is 78.0 Å². The number of carbonyl (C=O) groups excluding carboxylic acids is 2. The van der Waals surface area contributed by atoms with Crippen LogP contribution in [-0.2, 0) is 13.0 Å². The fourth-order valence-corrected chi connectivity index (χ4v) is 5.23. The summed E-state index contributed by atoms with van der Waals surface area (Å²) in [6.45, 7) is 4.13. The van der Waals surface area contributed by atoms with Gasteiger partial charge in [0.15, 0.2) is 0 Å². The van der Waals surface area contributed by atoms with Crippen molar-refractivity contribution in [3.8, 4) is 0 Å². The Morgan fingerprint density at radius 2 is 1.69 bits per heavy atom. The van der Waals surface area contributed by atoms with E-state index >= 15 is 0 Å². The lowest BCUT2D eigenvalue weighted by atomic mass is 10.1. The zero-order valence-electron chi connectivity index (χ0n) is 20.8. The number of halogens is 1.